The summed E-state index contributed by atoms with van der Waals surface area (Å²) in [4.78, 5) is 11.6. The number of methoxy groups -OCH3 is 1. The van der Waals surface area contributed by atoms with Gasteiger partial charge in [0.15, 0.2) is 0 Å². The maximum Gasteiger partial charge on any atom is 0.305 e. The fraction of sp³-hybridized carbons (Fsp3) is 0.960. The van der Waals surface area contributed by atoms with Crippen molar-refractivity contribution in [2.24, 2.45) is 46.3 Å². The third kappa shape index (κ3) is 3.43. The van der Waals surface area contributed by atoms with Gasteiger partial charge in [-0.1, -0.05) is 20.8 Å². The van der Waals surface area contributed by atoms with Gasteiger partial charge in [-0.25, -0.2) is 4.39 Å². The third-order valence-electron chi connectivity index (χ3n) is 10.5. The molecular formula is C25H41FO4. The monoisotopic (exact) mass is 424 g/mol. The quantitative estimate of drug-likeness (QED) is 0.652. The Morgan fingerprint density at radius 2 is 1.77 bits per heavy atom. The van der Waals surface area contributed by atoms with Crippen LogP contribution in [0.25, 0.3) is 0 Å². The van der Waals surface area contributed by atoms with Crippen LogP contribution in [-0.4, -0.2) is 41.7 Å². The number of carbonyl (C=O) groups excluding carboxylic acids is 1. The minimum absolute atomic E-state index is 0.113. The minimum atomic E-state index is -1.13. The van der Waals surface area contributed by atoms with Gasteiger partial charge in [-0.2, -0.15) is 0 Å². The van der Waals surface area contributed by atoms with Crippen molar-refractivity contribution in [3.8, 4) is 0 Å². The lowest BCUT2D eigenvalue weighted by molar-refractivity contribution is -0.186. The molecule has 30 heavy (non-hydrogen) atoms. The molecule has 4 nitrogen and oxygen atoms in total. The van der Waals surface area contributed by atoms with E-state index in [9.17, 15) is 19.4 Å². The first-order valence-electron chi connectivity index (χ1n) is 12.2. The maximum absolute atomic E-state index is 14.6. The molecule has 0 spiro atoms. The molecule has 0 amide bonds. The molecule has 2 N–H and O–H groups in total. The number of alkyl halides is 1. The van der Waals surface area contributed by atoms with Crippen LogP contribution < -0.4 is 0 Å². The van der Waals surface area contributed by atoms with Crippen molar-refractivity contribution in [3.05, 3.63) is 0 Å². The molecule has 0 saturated heterocycles. The van der Waals surface area contributed by atoms with E-state index < -0.39 is 12.3 Å². The molecule has 4 aliphatic rings. The Balaban J connectivity index is 1.54. The number of carbonyl (C=O) groups is 1. The lowest BCUT2D eigenvalue weighted by Gasteiger charge is -2.62. The Hall–Kier alpha value is -0.680. The number of halogens is 1. The molecule has 4 saturated carbocycles. The molecule has 172 valence electrons. The van der Waals surface area contributed by atoms with Crippen LogP contribution >= 0.6 is 0 Å². The van der Waals surface area contributed by atoms with E-state index in [0.717, 1.165) is 32.1 Å². The highest BCUT2D eigenvalue weighted by atomic mass is 19.1. The zero-order chi connectivity index (χ0) is 21.8. The molecule has 5 heteroatoms. The number of hydrogen-bond donors (Lipinski definition) is 2. The predicted octanol–water partition coefficient (Wildman–Crippen LogP) is 4.51. The summed E-state index contributed by atoms with van der Waals surface area (Å²) >= 11 is 0. The highest BCUT2D eigenvalue weighted by Crippen LogP contribution is 2.68. The molecular weight excluding hydrogens is 383 g/mol. The summed E-state index contributed by atoms with van der Waals surface area (Å²) in [7, 11) is 1.45. The van der Waals surface area contributed by atoms with Crippen LogP contribution in [0.3, 0.4) is 0 Å². The number of ether oxygens (including phenoxy) is 1. The summed E-state index contributed by atoms with van der Waals surface area (Å²) in [6.07, 6.45) is 5.09. The first-order valence-corrected chi connectivity index (χ1v) is 12.2. The predicted molar refractivity (Wildman–Crippen MR) is 113 cm³/mol. The zero-order valence-corrected chi connectivity index (χ0v) is 19.1. The van der Waals surface area contributed by atoms with E-state index in [0.29, 0.717) is 49.4 Å². The Morgan fingerprint density at radius 1 is 1.10 bits per heavy atom. The van der Waals surface area contributed by atoms with E-state index in [1.54, 1.807) is 0 Å². The summed E-state index contributed by atoms with van der Waals surface area (Å²) < 4.78 is 19.4. The summed E-state index contributed by atoms with van der Waals surface area (Å²) in [5.41, 5.74) is 0.0721. The smallest absolute Gasteiger partial charge is 0.305 e. The lowest BCUT2D eigenvalue weighted by atomic mass is 9.43. The Morgan fingerprint density at radius 3 is 2.47 bits per heavy atom. The normalized spacial score (nSPS) is 51.4. The van der Waals surface area contributed by atoms with E-state index in [1.807, 2.05) is 0 Å². The second-order valence-electron chi connectivity index (χ2n) is 11.6. The molecule has 11 atom stereocenters. The van der Waals surface area contributed by atoms with Crippen LogP contribution in [0.2, 0.25) is 0 Å². The van der Waals surface area contributed by atoms with Crippen molar-refractivity contribution in [3.63, 3.8) is 0 Å². The molecule has 0 radical (unpaired) electrons. The lowest BCUT2D eigenvalue weighted by Crippen LogP contribution is -2.60. The first kappa shape index (κ1) is 22.5. The zero-order valence-electron chi connectivity index (χ0n) is 19.1. The van der Waals surface area contributed by atoms with Crippen LogP contribution in [-0.2, 0) is 9.53 Å². The van der Waals surface area contributed by atoms with E-state index in [4.69, 9.17) is 4.74 Å². The van der Waals surface area contributed by atoms with E-state index in [2.05, 4.69) is 20.8 Å². The average molecular weight is 425 g/mol. The number of aliphatic hydroxyl groups is 2. The highest BCUT2D eigenvalue weighted by molar-refractivity contribution is 5.69. The summed E-state index contributed by atoms with van der Waals surface area (Å²) in [6, 6.07) is 0. The maximum atomic E-state index is 14.6. The van der Waals surface area contributed by atoms with Crippen molar-refractivity contribution in [1.82, 2.24) is 0 Å². The second-order valence-corrected chi connectivity index (χ2v) is 11.6. The molecule has 0 aromatic carbocycles. The van der Waals surface area contributed by atoms with Gasteiger partial charge < -0.3 is 14.9 Å². The fourth-order valence-electron chi connectivity index (χ4n) is 8.82. The summed E-state index contributed by atoms with van der Waals surface area (Å²) in [5.74, 6) is 2.17. The number of hydrogen-bond acceptors (Lipinski definition) is 4. The standard InChI is InChI=1S/C25H41FO4/c1-14(5-8-22(29)30-4)16-6-7-17-23-18(9-10-24(16,17)2)25(3)13-19(26)20(27)11-15(25)12-21(23)28/h14-21,23,27-28H,5-13H2,1-4H3/t14-,15+,16-,17?,18?,19-,20-,21+,23?,24-,25+/m1/s1. The van der Waals surface area contributed by atoms with E-state index in [-0.39, 0.29) is 34.7 Å². The van der Waals surface area contributed by atoms with Crippen LogP contribution in [0.1, 0.15) is 78.6 Å². The molecule has 0 bridgehead atoms. The van der Waals surface area contributed by atoms with Gasteiger partial charge in [-0.05, 0) is 97.7 Å². The highest BCUT2D eigenvalue weighted by Gasteiger charge is 2.63. The molecule has 0 aliphatic heterocycles. The van der Waals surface area contributed by atoms with Gasteiger partial charge in [0.05, 0.1) is 19.3 Å². The van der Waals surface area contributed by atoms with Gasteiger partial charge in [-0.3, -0.25) is 4.79 Å². The molecule has 4 aliphatic carbocycles. The molecule has 0 aromatic heterocycles. The van der Waals surface area contributed by atoms with Crippen molar-refractivity contribution < 1.29 is 24.1 Å². The average Bonchev–Trinajstić information content (AvgIpc) is 3.05. The van der Waals surface area contributed by atoms with E-state index >= 15 is 0 Å². The molecule has 0 heterocycles. The largest absolute Gasteiger partial charge is 0.469 e. The Bertz CT molecular complexity index is 655. The van der Waals surface area contributed by atoms with Gasteiger partial charge >= 0.3 is 5.97 Å². The van der Waals surface area contributed by atoms with Gasteiger partial charge in [0.25, 0.3) is 0 Å². The number of fused-ring (bicyclic) bond motifs is 5. The molecule has 0 aromatic rings. The molecule has 3 unspecified atom stereocenters. The fourth-order valence-corrected chi connectivity index (χ4v) is 8.82. The van der Waals surface area contributed by atoms with Gasteiger partial charge in [0.2, 0.25) is 0 Å². The molecule has 4 rings (SSSR count). The number of esters is 1. The minimum Gasteiger partial charge on any atom is -0.469 e. The first-order chi connectivity index (χ1) is 14.1. The van der Waals surface area contributed by atoms with Gasteiger partial charge in [0, 0.05) is 6.42 Å². The van der Waals surface area contributed by atoms with Crippen molar-refractivity contribution in [2.75, 3.05) is 7.11 Å². The number of aliphatic hydroxyl groups excluding tert-OH is 2. The van der Waals surface area contributed by atoms with Gasteiger partial charge in [0.1, 0.15) is 6.17 Å². The summed E-state index contributed by atoms with van der Waals surface area (Å²) in [5, 5.41) is 21.4. The van der Waals surface area contributed by atoms with Crippen LogP contribution in [0, 0.1) is 46.3 Å². The van der Waals surface area contributed by atoms with Crippen molar-refractivity contribution in [1.29, 1.82) is 0 Å². The number of rotatable bonds is 4. The molecule has 4 fully saturated rings. The summed E-state index contributed by atoms with van der Waals surface area (Å²) in [6.45, 7) is 6.94. The van der Waals surface area contributed by atoms with Crippen molar-refractivity contribution >= 4 is 5.97 Å². The SMILES string of the molecule is COC(=O)CC[C@@H](C)[C@H]1CCC2C3C(CC[C@@]21C)[C@@]1(C)C[C@@H](F)[C@H](O)C[C@H]1C[C@@H]3O. The van der Waals surface area contributed by atoms with Crippen LogP contribution in [0.5, 0.6) is 0 Å². The van der Waals surface area contributed by atoms with Crippen LogP contribution in [0.4, 0.5) is 4.39 Å². The Kier molecular flexibility index (Phi) is 6.02. The van der Waals surface area contributed by atoms with E-state index in [1.165, 1.54) is 7.11 Å². The van der Waals surface area contributed by atoms with Gasteiger partial charge in [-0.15, -0.1) is 0 Å². The van der Waals surface area contributed by atoms with Crippen LogP contribution in [0.15, 0.2) is 0 Å². The van der Waals surface area contributed by atoms with Crippen molar-refractivity contribution in [2.45, 2.75) is 96.9 Å². The Labute approximate surface area is 181 Å². The second kappa shape index (κ2) is 8.03. The third-order valence-corrected chi connectivity index (χ3v) is 10.5. The topological polar surface area (TPSA) is 66.8 Å².